The average molecular weight is 506 g/mol. The van der Waals surface area contributed by atoms with Crippen LogP contribution in [0.1, 0.15) is 43.9 Å². The molecular weight excluding hydrogens is 483 g/mol. The Morgan fingerprint density at radius 2 is 1.94 bits per heavy atom. The van der Waals surface area contributed by atoms with E-state index >= 15 is 0 Å². The Morgan fingerprint density at radius 1 is 1.15 bits per heavy atom. The van der Waals surface area contributed by atoms with Gasteiger partial charge in [0.2, 0.25) is 5.96 Å². The molecule has 1 aromatic heterocycles. The van der Waals surface area contributed by atoms with Crippen molar-refractivity contribution in [1.82, 2.24) is 10.3 Å². The van der Waals surface area contributed by atoms with Crippen LogP contribution in [-0.2, 0) is 4.79 Å². The number of fused-ring (bicyclic) bond motifs is 1. The summed E-state index contributed by atoms with van der Waals surface area (Å²) in [6.45, 7) is 3.69. The number of nitrogens with one attached hydrogen (secondary N) is 1. The molecule has 6 nitrogen and oxygen atoms in total. The van der Waals surface area contributed by atoms with Crippen LogP contribution in [0.4, 0.5) is 0 Å². The minimum atomic E-state index is -0.646. The van der Waals surface area contributed by atoms with E-state index in [1.165, 1.54) is 0 Å². The molecule has 0 aliphatic rings. The van der Waals surface area contributed by atoms with E-state index in [2.05, 4.69) is 20.3 Å². The highest BCUT2D eigenvalue weighted by molar-refractivity contribution is 6.42. The van der Waals surface area contributed by atoms with Crippen molar-refractivity contribution >= 4 is 63.8 Å². The van der Waals surface area contributed by atoms with Crippen LogP contribution in [0.3, 0.4) is 0 Å². The molecule has 9 heteroatoms. The van der Waals surface area contributed by atoms with Crippen LogP contribution in [0.25, 0.3) is 10.9 Å². The lowest BCUT2D eigenvalue weighted by atomic mass is 9.96. The fraction of sp³-hybridized carbons (Fsp3) is 0.250. The first-order valence-electron chi connectivity index (χ1n) is 10.4. The van der Waals surface area contributed by atoms with Crippen molar-refractivity contribution in [3.63, 3.8) is 0 Å². The number of rotatable bonds is 6. The third-order valence-corrected chi connectivity index (χ3v) is 5.96. The van der Waals surface area contributed by atoms with Crippen molar-refractivity contribution in [2.75, 3.05) is 7.05 Å². The van der Waals surface area contributed by atoms with Crippen LogP contribution >= 0.6 is 34.8 Å². The third-order valence-electron chi connectivity index (χ3n) is 4.81. The van der Waals surface area contributed by atoms with Crippen molar-refractivity contribution in [1.29, 1.82) is 0 Å². The molecule has 0 bridgehead atoms. The van der Waals surface area contributed by atoms with Crippen LogP contribution in [0.2, 0.25) is 15.1 Å². The minimum absolute atomic E-state index is 0.189. The second-order valence-electron chi connectivity index (χ2n) is 6.99. The number of esters is 1. The summed E-state index contributed by atoms with van der Waals surface area (Å²) in [6, 6.07) is 9.98. The van der Waals surface area contributed by atoms with Gasteiger partial charge in [0.1, 0.15) is 5.52 Å². The highest BCUT2D eigenvalue weighted by Crippen LogP contribution is 2.42. The second-order valence-corrected chi connectivity index (χ2v) is 8.18. The van der Waals surface area contributed by atoms with Gasteiger partial charge in [0.15, 0.2) is 5.75 Å². The molecule has 0 amide bonds. The van der Waals surface area contributed by atoms with Gasteiger partial charge >= 0.3 is 5.97 Å². The lowest BCUT2D eigenvalue weighted by Crippen LogP contribution is -2.29. The summed E-state index contributed by atoms with van der Waals surface area (Å²) >= 11 is 19.6. The summed E-state index contributed by atoms with van der Waals surface area (Å²) in [7, 11) is 1.62. The summed E-state index contributed by atoms with van der Waals surface area (Å²) in [5, 5.41) is 5.12. The van der Waals surface area contributed by atoms with Gasteiger partial charge in [-0.05, 0) is 36.2 Å². The van der Waals surface area contributed by atoms with E-state index in [1.54, 1.807) is 50.6 Å². The maximum Gasteiger partial charge on any atom is 0.310 e. The molecule has 0 spiro atoms. The van der Waals surface area contributed by atoms with Gasteiger partial charge in [-0.25, -0.2) is 4.99 Å². The average Bonchev–Trinajstić information content (AvgIpc) is 2.83. The maximum atomic E-state index is 12.4. The quantitative estimate of drug-likeness (QED) is 0.176. The molecule has 2 aromatic carbocycles. The minimum Gasteiger partial charge on any atom is -0.424 e. The fourth-order valence-corrected chi connectivity index (χ4v) is 3.92. The molecular formula is C24H23Cl3N4O2. The number of hydrogen-bond donors (Lipinski definition) is 1. The predicted octanol–water partition coefficient (Wildman–Crippen LogP) is 6.66. The molecule has 172 valence electrons. The fourth-order valence-electron chi connectivity index (χ4n) is 3.24. The molecule has 0 aliphatic carbocycles. The van der Waals surface area contributed by atoms with Crippen molar-refractivity contribution < 1.29 is 9.53 Å². The van der Waals surface area contributed by atoms with E-state index in [-0.39, 0.29) is 12.2 Å². The number of carbonyl (C=O) groups is 1. The molecule has 3 rings (SSSR count). The number of nitrogens with zero attached hydrogens (tertiary/aromatic N) is 3. The molecule has 0 fully saturated rings. The van der Waals surface area contributed by atoms with E-state index in [1.807, 2.05) is 19.1 Å². The van der Waals surface area contributed by atoms with Crippen LogP contribution in [0.5, 0.6) is 5.75 Å². The summed E-state index contributed by atoms with van der Waals surface area (Å²) in [5.41, 5.74) is 1.64. The van der Waals surface area contributed by atoms with Crippen LogP contribution in [0, 0.1) is 0 Å². The molecule has 1 heterocycles. The molecule has 0 radical (unpaired) electrons. The van der Waals surface area contributed by atoms with Gasteiger partial charge in [-0.15, -0.1) is 0 Å². The monoisotopic (exact) mass is 504 g/mol. The normalized spacial score (nSPS) is 12.8. The molecule has 3 aromatic rings. The first kappa shape index (κ1) is 25.0. The van der Waals surface area contributed by atoms with Gasteiger partial charge in [-0.3, -0.25) is 14.8 Å². The third kappa shape index (κ3) is 5.64. The van der Waals surface area contributed by atoms with Gasteiger partial charge < -0.3 is 10.1 Å². The summed E-state index contributed by atoms with van der Waals surface area (Å²) in [6.07, 6.45) is 4.27. The molecule has 1 atom stereocenters. The number of hydrogen-bond acceptors (Lipinski definition) is 4. The summed E-state index contributed by atoms with van der Waals surface area (Å²) < 4.78 is 5.78. The number of aliphatic imine (C=N–C) groups is 2. The largest absolute Gasteiger partial charge is 0.424 e. The van der Waals surface area contributed by atoms with Gasteiger partial charge in [-0.2, -0.15) is 0 Å². The highest BCUT2D eigenvalue weighted by Gasteiger charge is 2.27. The Kier molecular flexibility index (Phi) is 8.67. The van der Waals surface area contributed by atoms with Crippen LogP contribution < -0.4 is 10.1 Å². The van der Waals surface area contributed by atoms with Crippen molar-refractivity contribution in [2.24, 2.45) is 9.98 Å². The first-order chi connectivity index (χ1) is 15.9. The number of guanidine groups is 1. The Labute approximate surface area is 207 Å². The van der Waals surface area contributed by atoms with Crippen molar-refractivity contribution in [3.05, 3.63) is 68.8 Å². The number of benzene rings is 2. The zero-order valence-electron chi connectivity index (χ0n) is 18.4. The van der Waals surface area contributed by atoms with Gasteiger partial charge in [0, 0.05) is 36.8 Å². The van der Waals surface area contributed by atoms with E-state index in [4.69, 9.17) is 39.5 Å². The number of ether oxygens (including phenoxy) is 1. The molecule has 0 saturated heterocycles. The Morgan fingerprint density at radius 3 is 2.64 bits per heavy atom. The smallest absolute Gasteiger partial charge is 0.310 e. The van der Waals surface area contributed by atoms with Crippen LogP contribution in [0.15, 0.2) is 52.6 Å². The van der Waals surface area contributed by atoms with E-state index < -0.39 is 12.0 Å². The van der Waals surface area contributed by atoms with Crippen molar-refractivity contribution in [2.45, 2.75) is 32.7 Å². The van der Waals surface area contributed by atoms with Gasteiger partial charge in [0.25, 0.3) is 0 Å². The lowest BCUT2D eigenvalue weighted by molar-refractivity contribution is -0.133. The predicted molar refractivity (Wildman–Crippen MR) is 136 cm³/mol. The summed E-state index contributed by atoms with van der Waals surface area (Å²) in [4.78, 5) is 25.4. The molecule has 1 N–H and O–H groups in total. The molecule has 0 aliphatic heterocycles. The number of pyridine rings is 1. The zero-order valence-corrected chi connectivity index (χ0v) is 20.7. The first-order valence-corrected chi connectivity index (χ1v) is 11.5. The van der Waals surface area contributed by atoms with Gasteiger partial charge in [-0.1, -0.05) is 60.8 Å². The Hall–Kier alpha value is -2.67. The topological polar surface area (TPSA) is 75.9 Å². The summed E-state index contributed by atoms with van der Waals surface area (Å²) in [5.74, 6) is 0.239. The van der Waals surface area contributed by atoms with Crippen LogP contribution in [-0.4, -0.2) is 30.2 Å². The maximum absolute atomic E-state index is 12.4. The van der Waals surface area contributed by atoms with Crippen molar-refractivity contribution in [3.8, 4) is 5.75 Å². The molecule has 0 saturated carbocycles. The lowest BCUT2D eigenvalue weighted by Gasteiger charge is -2.24. The zero-order chi connectivity index (χ0) is 24.0. The SMILES string of the molecule is CC/C=N\C(=NC)NC(c1cccc(Cl)c1Cl)c1cc(Cl)c2cccnc2c1OC(=O)CC. The van der Waals surface area contributed by atoms with Gasteiger partial charge in [0.05, 0.1) is 21.1 Å². The van der Waals surface area contributed by atoms with E-state index in [9.17, 15) is 4.79 Å². The Bertz CT molecular complexity index is 1230. The number of halogens is 3. The Balaban J connectivity index is 2.32. The van der Waals surface area contributed by atoms with E-state index in [0.717, 1.165) is 6.42 Å². The number of carbonyl (C=O) groups excluding carboxylic acids is 1. The highest BCUT2D eigenvalue weighted by atomic mass is 35.5. The van der Waals surface area contributed by atoms with E-state index in [0.29, 0.717) is 43.1 Å². The standard InChI is InChI=1S/C24H23Cl3N4O2/c1-4-11-30-24(28-3)31-21(15-8-6-10-17(25)20(15)27)16-13-18(26)14-9-7-12-29-22(14)23(16)33-19(32)5-2/h6-13,21H,4-5H2,1-3H3,(H,28,31)/b30-11-. The second kappa shape index (κ2) is 11.5. The number of aromatic nitrogens is 1. The molecule has 33 heavy (non-hydrogen) atoms. The molecule has 1 unspecified atom stereocenters.